The number of fused-ring (bicyclic) bond motifs is 1. The summed E-state index contributed by atoms with van der Waals surface area (Å²) >= 11 is 0. The first-order valence-corrected chi connectivity index (χ1v) is 11.9. The lowest BCUT2D eigenvalue weighted by molar-refractivity contribution is -0.136. The van der Waals surface area contributed by atoms with Gasteiger partial charge in [-0.2, -0.15) is 0 Å². The number of amides is 1. The molecule has 1 unspecified atom stereocenters. The molecule has 8 heteroatoms. The molecule has 0 spiro atoms. The largest absolute Gasteiger partial charge is 0.481 e. The molecule has 1 aromatic heterocycles. The van der Waals surface area contributed by atoms with Crippen molar-refractivity contribution in [2.24, 2.45) is 7.05 Å². The zero-order chi connectivity index (χ0) is 26.9. The fourth-order valence-electron chi connectivity index (χ4n) is 4.55. The normalized spacial score (nSPS) is 11.9. The highest BCUT2D eigenvalue weighted by Gasteiger charge is 2.21. The van der Waals surface area contributed by atoms with Gasteiger partial charge in [0.15, 0.2) is 0 Å². The van der Waals surface area contributed by atoms with Gasteiger partial charge in [-0.05, 0) is 91.9 Å². The van der Waals surface area contributed by atoms with Crippen molar-refractivity contribution >= 4 is 22.8 Å². The second kappa shape index (κ2) is 10.4. The van der Waals surface area contributed by atoms with Gasteiger partial charge in [-0.15, -0.1) is 0 Å². The molecular formula is C29H28F2N2O4. The van der Waals surface area contributed by atoms with Crippen LogP contribution in [-0.2, 0) is 18.3 Å². The van der Waals surface area contributed by atoms with Gasteiger partial charge in [0, 0.05) is 30.4 Å². The number of rotatable bonds is 8. The molecule has 4 rings (SSSR count). The topological polar surface area (TPSA) is 80.6 Å². The number of benzene rings is 3. The number of hydrogen-bond acceptors (Lipinski definition) is 3. The molecule has 1 atom stereocenters. The second-order valence-corrected chi connectivity index (χ2v) is 9.19. The summed E-state index contributed by atoms with van der Waals surface area (Å²) in [5.74, 6) is -1.35. The number of hydrogen-bond donors (Lipinski definition) is 2. The Balaban J connectivity index is 1.53. The van der Waals surface area contributed by atoms with E-state index in [0.29, 0.717) is 34.4 Å². The van der Waals surface area contributed by atoms with Crippen molar-refractivity contribution < 1.29 is 28.2 Å². The van der Waals surface area contributed by atoms with Gasteiger partial charge in [-0.25, -0.2) is 8.78 Å². The number of halogens is 2. The number of carboxylic acids is 1. The van der Waals surface area contributed by atoms with E-state index in [4.69, 9.17) is 9.84 Å². The monoisotopic (exact) mass is 506 g/mol. The standard InChI is InChI=1S/C29H28F2N2O4/c1-16-11-23(8-5-19(16)6-10-27(34)35)37-24-13-20(12-22(31)14-24)18(3)32-29(36)28-17(2)25-15-21(30)7-9-26(25)33(28)4/h5,7-9,11-15,18H,6,10H2,1-4H3,(H,32,36)(H,34,35). The summed E-state index contributed by atoms with van der Waals surface area (Å²) in [6, 6.07) is 13.4. The summed E-state index contributed by atoms with van der Waals surface area (Å²) < 4.78 is 35.8. The highest BCUT2D eigenvalue weighted by atomic mass is 19.1. The van der Waals surface area contributed by atoms with Gasteiger partial charge in [0.2, 0.25) is 0 Å². The van der Waals surface area contributed by atoms with Crippen LogP contribution in [0.15, 0.2) is 54.6 Å². The van der Waals surface area contributed by atoms with Gasteiger partial charge in [0.05, 0.1) is 6.04 Å². The van der Waals surface area contributed by atoms with E-state index in [2.05, 4.69) is 5.32 Å². The fourth-order valence-corrected chi connectivity index (χ4v) is 4.55. The molecule has 1 heterocycles. The first-order valence-electron chi connectivity index (χ1n) is 11.9. The van der Waals surface area contributed by atoms with E-state index < -0.39 is 17.8 Å². The number of nitrogens with zero attached hydrogens (tertiary/aromatic N) is 1. The number of carbonyl (C=O) groups excluding carboxylic acids is 1. The lowest BCUT2D eigenvalue weighted by Crippen LogP contribution is -2.29. The predicted octanol–water partition coefficient (Wildman–Crippen LogP) is 6.37. The highest BCUT2D eigenvalue weighted by molar-refractivity contribution is 6.01. The zero-order valence-corrected chi connectivity index (χ0v) is 21.1. The molecule has 1 amide bonds. The minimum Gasteiger partial charge on any atom is -0.481 e. The molecule has 0 aliphatic carbocycles. The van der Waals surface area contributed by atoms with Crippen LogP contribution in [0.5, 0.6) is 11.5 Å². The quantitative estimate of drug-likeness (QED) is 0.291. The predicted molar refractivity (Wildman–Crippen MR) is 137 cm³/mol. The summed E-state index contributed by atoms with van der Waals surface area (Å²) in [4.78, 5) is 24.0. The Morgan fingerprint density at radius 1 is 1.00 bits per heavy atom. The van der Waals surface area contributed by atoms with Gasteiger partial charge in [0.1, 0.15) is 28.8 Å². The number of carbonyl (C=O) groups is 2. The maximum Gasteiger partial charge on any atom is 0.303 e. The van der Waals surface area contributed by atoms with Crippen molar-refractivity contribution in [3.63, 3.8) is 0 Å². The average molecular weight is 507 g/mol. The summed E-state index contributed by atoms with van der Waals surface area (Å²) in [6.07, 6.45) is 0.445. The van der Waals surface area contributed by atoms with Crippen LogP contribution in [0.1, 0.15) is 52.1 Å². The SMILES string of the molecule is Cc1cc(Oc2cc(F)cc(C(C)NC(=O)c3c(C)c4cc(F)ccc4n3C)c2)ccc1CCC(=O)O. The van der Waals surface area contributed by atoms with Crippen LogP contribution in [0, 0.1) is 25.5 Å². The van der Waals surface area contributed by atoms with Gasteiger partial charge >= 0.3 is 5.97 Å². The van der Waals surface area contributed by atoms with Gasteiger partial charge < -0.3 is 19.7 Å². The van der Waals surface area contributed by atoms with Crippen LogP contribution in [0.3, 0.4) is 0 Å². The number of ether oxygens (including phenoxy) is 1. The molecule has 37 heavy (non-hydrogen) atoms. The van der Waals surface area contributed by atoms with Crippen LogP contribution in [-0.4, -0.2) is 21.6 Å². The zero-order valence-electron chi connectivity index (χ0n) is 21.1. The Morgan fingerprint density at radius 3 is 2.46 bits per heavy atom. The third kappa shape index (κ3) is 5.63. The van der Waals surface area contributed by atoms with Crippen molar-refractivity contribution in [1.82, 2.24) is 9.88 Å². The Labute approximate surface area is 213 Å². The first kappa shape index (κ1) is 25.9. The van der Waals surface area contributed by atoms with Gasteiger partial charge in [-0.1, -0.05) is 6.07 Å². The van der Waals surface area contributed by atoms with E-state index in [1.165, 1.54) is 24.3 Å². The third-order valence-corrected chi connectivity index (χ3v) is 6.53. The maximum atomic E-state index is 14.5. The smallest absolute Gasteiger partial charge is 0.303 e. The molecule has 0 fully saturated rings. The van der Waals surface area contributed by atoms with Crippen molar-refractivity contribution in [3.05, 3.63) is 94.2 Å². The first-order chi connectivity index (χ1) is 17.5. The van der Waals surface area contributed by atoms with Crippen LogP contribution < -0.4 is 10.1 Å². The third-order valence-electron chi connectivity index (χ3n) is 6.53. The lowest BCUT2D eigenvalue weighted by Gasteiger charge is -2.17. The number of nitrogens with one attached hydrogen (secondary N) is 1. The minimum absolute atomic E-state index is 0.0348. The Bertz CT molecular complexity index is 1510. The van der Waals surface area contributed by atoms with E-state index in [9.17, 15) is 18.4 Å². The highest BCUT2D eigenvalue weighted by Crippen LogP contribution is 2.29. The number of carboxylic acid groups (broad SMARTS) is 1. The van der Waals surface area contributed by atoms with Crippen LogP contribution in [0.4, 0.5) is 8.78 Å². The summed E-state index contributed by atoms with van der Waals surface area (Å²) in [7, 11) is 1.75. The summed E-state index contributed by atoms with van der Waals surface area (Å²) in [6.45, 7) is 5.38. The molecule has 192 valence electrons. The second-order valence-electron chi connectivity index (χ2n) is 9.19. The van der Waals surface area contributed by atoms with Crippen molar-refractivity contribution in [3.8, 4) is 11.5 Å². The summed E-state index contributed by atoms with van der Waals surface area (Å²) in [5.41, 5.74) is 4.09. The van der Waals surface area contributed by atoms with E-state index in [1.54, 1.807) is 55.8 Å². The van der Waals surface area contributed by atoms with Crippen LogP contribution >= 0.6 is 0 Å². The van der Waals surface area contributed by atoms with E-state index in [-0.39, 0.29) is 23.9 Å². The summed E-state index contributed by atoms with van der Waals surface area (Å²) in [5, 5.41) is 12.5. The van der Waals surface area contributed by atoms with E-state index >= 15 is 0 Å². The maximum absolute atomic E-state index is 14.5. The molecule has 0 saturated carbocycles. The molecule has 6 nitrogen and oxygen atoms in total. The number of aryl methyl sites for hydroxylation is 4. The van der Waals surface area contributed by atoms with Crippen molar-refractivity contribution in [2.45, 2.75) is 39.7 Å². The molecule has 4 aromatic rings. The molecular weight excluding hydrogens is 478 g/mol. The van der Waals surface area contributed by atoms with Gasteiger partial charge in [-0.3, -0.25) is 9.59 Å². The number of aliphatic carboxylic acids is 1. The molecule has 0 aliphatic heterocycles. The van der Waals surface area contributed by atoms with E-state index in [0.717, 1.165) is 16.6 Å². The van der Waals surface area contributed by atoms with Crippen LogP contribution in [0.2, 0.25) is 0 Å². The molecule has 3 aromatic carbocycles. The molecule has 0 radical (unpaired) electrons. The molecule has 0 bridgehead atoms. The molecule has 0 aliphatic rings. The average Bonchev–Trinajstić information content (AvgIpc) is 3.07. The van der Waals surface area contributed by atoms with Crippen LogP contribution in [0.25, 0.3) is 10.9 Å². The lowest BCUT2D eigenvalue weighted by atomic mass is 10.0. The van der Waals surface area contributed by atoms with Crippen molar-refractivity contribution in [1.29, 1.82) is 0 Å². The van der Waals surface area contributed by atoms with Gasteiger partial charge in [0.25, 0.3) is 5.91 Å². The van der Waals surface area contributed by atoms with Crippen molar-refractivity contribution in [2.75, 3.05) is 0 Å². The molecule has 0 saturated heterocycles. The Morgan fingerprint density at radius 2 is 1.76 bits per heavy atom. The Kier molecular flexibility index (Phi) is 7.29. The fraction of sp³-hybridized carbons (Fsp3) is 0.241. The minimum atomic E-state index is -0.863. The number of aromatic nitrogens is 1. The Hall–Kier alpha value is -4.20. The van der Waals surface area contributed by atoms with E-state index in [1.807, 2.05) is 6.92 Å². The molecule has 2 N–H and O–H groups in total.